The zero-order valence-corrected chi connectivity index (χ0v) is 15.1. The Bertz CT molecular complexity index is 389. The van der Waals surface area contributed by atoms with Crippen LogP contribution >= 0.6 is 22.6 Å². The van der Waals surface area contributed by atoms with Gasteiger partial charge in [-0.05, 0) is 23.2 Å². The number of carbonyl (C=O) groups excluding carboxylic acids is 1. The molecule has 0 aromatic rings. The summed E-state index contributed by atoms with van der Waals surface area (Å²) in [5.74, 6) is -4.47. The van der Waals surface area contributed by atoms with Gasteiger partial charge in [0.1, 0.15) is 0 Å². The fraction of sp³-hybridized carbons (Fsp3) is 0.692. The molecule has 10 nitrogen and oxygen atoms in total. The summed E-state index contributed by atoms with van der Waals surface area (Å²) in [6.07, 6.45) is -2.93. The monoisotopic (exact) mass is 464 g/mol. The molecule has 0 rings (SSSR count). The molecule has 0 bridgehead atoms. The van der Waals surface area contributed by atoms with Crippen molar-refractivity contribution in [3.05, 3.63) is 0 Å². The van der Waals surface area contributed by atoms with E-state index in [4.69, 9.17) is 30.3 Å². The fourth-order valence-corrected chi connectivity index (χ4v) is 2.18. The second-order valence-electron chi connectivity index (χ2n) is 4.64. The van der Waals surface area contributed by atoms with Crippen molar-refractivity contribution in [3.63, 3.8) is 0 Å². The van der Waals surface area contributed by atoms with E-state index in [1.165, 1.54) is 6.92 Å². The summed E-state index contributed by atoms with van der Waals surface area (Å²) in [4.78, 5) is 40.4. The third-order valence-corrected chi connectivity index (χ3v) is 3.23. The first-order valence-corrected chi connectivity index (χ1v) is 8.28. The molecule has 0 radical (unpaired) electrons. The van der Waals surface area contributed by atoms with Gasteiger partial charge in [0.2, 0.25) is 0 Å². The normalized spacial score (nSPS) is 13.7. The van der Waals surface area contributed by atoms with E-state index < -0.39 is 30.1 Å². The van der Waals surface area contributed by atoms with Crippen LogP contribution in [0.2, 0.25) is 0 Å². The lowest BCUT2D eigenvalue weighted by Gasteiger charge is -2.13. The molecule has 0 saturated carbocycles. The van der Waals surface area contributed by atoms with Gasteiger partial charge >= 0.3 is 23.9 Å². The summed E-state index contributed by atoms with van der Waals surface area (Å²) in [6.45, 7) is 1.70. The number of hydrogen-bond acceptors (Lipinski definition) is 7. The summed E-state index contributed by atoms with van der Waals surface area (Å²) in [5.41, 5.74) is 0. The average molecular weight is 464 g/mol. The Morgan fingerprint density at radius 1 is 0.958 bits per heavy atom. The minimum atomic E-state index is -2.27. The van der Waals surface area contributed by atoms with Crippen LogP contribution in [0.3, 0.4) is 0 Å². The smallest absolute Gasteiger partial charge is 0.335 e. The molecule has 0 aromatic heterocycles. The van der Waals surface area contributed by atoms with Gasteiger partial charge in [-0.15, -0.1) is 0 Å². The van der Waals surface area contributed by atoms with Gasteiger partial charge in [-0.25, -0.2) is 9.59 Å². The number of carboxylic acids is 3. The Hall–Kier alpha value is -1.47. The standard InChI is InChI=1S/C9H15IO4.C4H6O6/c1-7(11)14-6-8(4-5-10)2-3-9(12)13;5-1(3(7)8)2(6)4(9)10/h8H,2-6H2,1H3,(H,12,13);1-2,5-6H,(H,7,8)(H,9,10). The van der Waals surface area contributed by atoms with Crippen LogP contribution in [-0.4, -0.2) is 72.7 Å². The van der Waals surface area contributed by atoms with Crippen molar-refractivity contribution in [2.24, 2.45) is 5.92 Å². The number of aliphatic hydroxyl groups is 2. The van der Waals surface area contributed by atoms with Gasteiger partial charge in [-0.3, -0.25) is 9.59 Å². The summed E-state index contributed by atoms with van der Waals surface area (Å²) < 4.78 is 5.80. The molecule has 0 amide bonds. The number of carboxylic acid groups (broad SMARTS) is 3. The van der Waals surface area contributed by atoms with Crippen LogP contribution < -0.4 is 0 Å². The minimum absolute atomic E-state index is 0.141. The van der Waals surface area contributed by atoms with E-state index in [1.807, 2.05) is 0 Å². The van der Waals surface area contributed by atoms with Crippen molar-refractivity contribution in [1.82, 2.24) is 0 Å². The Morgan fingerprint density at radius 2 is 1.42 bits per heavy atom. The SMILES string of the molecule is CC(=O)OCC(CCI)CCC(=O)O.O=C(O)C(O)C(O)C(=O)O. The number of alkyl halides is 1. The lowest BCUT2D eigenvalue weighted by Crippen LogP contribution is -2.39. The third kappa shape index (κ3) is 14.1. The molecule has 11 heteroatoms. The van der Waals surface area contributed by atoms with Gasteiger partial charge in [-0.1, -0.05) is 22.6 Å². The lowest BCUT2D eigenvalue weighted by molar-refractivity contribution is -0.165. The molecule has 0 fully saturated rings. The van der Waals surface area contributed by atoms with Crippen molar-refractivity contribution in [1.29, 1.82) is 0 Å². The number of esters is 1. The van der Waals surface area contributed by atoms with Crippen LogP contribution in [-0.2, 0) is 23.9 Å². The topological polar surface area (TPSA) is 179 Å². The number of rotatable bonds is 10. The zero-order valence-electron chi connectivity index (χ0n) is 12.9. The maximum Gasteiger partial charge on any atom is 0.335 e. The average Bonchev–Trinajstić information content (AvgIpc) is 2.48. The number of aliphatic carboxylic acids is 3. The zero-order chi connectivity index (χ0) is 19.3. The van der Waals surface area contributed by atoms with Crippen LogP contribution in [0.25, 0.3) is 0 Å². The molecule has 3 unspecified atom stereocenters. The first-order chi connectivity index (χ1) is 11.0. The van der Waals surface area contributed by atoms with Gasteiger partial charge < -0.3 is 30.3 Å². The molecule has 140 valence electrons. The highest BCUT2D eigenvalue weighted by atomic mass is 127. The lowest BCUT2D eigenvalue weighted by atomic mass is 10.0. The van der Waals surface area contributed by atoms with Crippen molar-refractivity contribution < 1.29 is 49.4 Å². The fourth-order valence-electron chi connectivity index (χ4n) is 1.30. The van der Waals surface area contributed by atoms with Gasteiger partial charge in [0.15, 0.2) is 12.2 Å². The van der Waals surface area contributed by atoms with E-state index in [0.717, 1.165) is 10.8 Å². The quantitative estimate of drug-likeness (QED) is 0.164. The molecule has 0 spiro atoms. The number of halogens is 1. The Morgan fingerprint density at radius 3 is 1.71 bits per heavy atom. The van der Waals surface area contributed by atoms with Gasteiger partial charge in [0.25, 0.3) is 0 Å². The Kier molecular flexibility index (Phi) is 14.4. The number of hydrogen-bond donors (Lipinski definition) is 5. The second kappa shape index (κ2) is 13.9. The van der Waals surface area contributed by atoms with Crippen LogP contribution in [0.15, 0.2) is 0 Å². The maximum atomic E-state index is 10.6. The van der Waals surface area contributed by atoms with Crippen molar-refractivity contribution in [2.75, 3.05) is 11.0 Å². The number of aliphatic hydroxyl groups excluding tert-OH is 2. The highest BCUT2D eigenvalue weighted by Gasteiger charge is 2.29. The third-order valence-electron chi connectivity index (χ3n) is 2.61. The Labute approximate surface area is 151 Å². The molecule has 0 heterocycles. The van der Waals surface area contributed by atoms with Crippen LogP contribution in [0.5, 0.6) is 0 Å². The molecule has 5 N–H and O–H groups in total. The van der Waals surface area contributed by atoms with E-state index in [9.17, 15) is 19.2 Å². The van der Waals surface area contributed by atoms with Gasteiger partial charge in [0, 0.05) is 13.3 Å². The molecule has 0 aliphatic heterocycles. The molecule has 0 aliphatic carbocycles. The van der Waals surface area contributed by atoms with E-state index >= 15 is 0 Å². The van der Waals surface area contributed by atoms with Crippen molar-refractivity contribution >= 4 is 46.5 Å². The number of ether oxygens (including phenoxy) is 1. The Balaban J connectivity index is 0. The van der Waals surface area contributed by atoms with E-state index in [2.05, 4.69) is 22.6 Å². The van der Waals surface area contributed by atoms with E-state index in [0.29, 0.717) is 13.0 Å². The van der Waals surface area contributed by atoms with Crippen molar-refractivity contribution in [3.8, 4) is 0 Å². The second-order valence-corrected chi connectivity index (χ2v) is 5.72. The summed E-state index contributed by atoms with van der Waals surface area (Å²) in [6, 6.07) is 0. The summed E-state index contributed by atoms with van der Waals surface area (Å²) >= 11 is 2.23. The minimum Gasteiger partial charge on any atom is -0.481 e. The summed E-state index contributed by atoms with van der Waals surface area (Å²) in [7, 11) is 0. The van der Waals surface area contributed by atoms with E-state index in [1.54, 1.807) is 0 Å². The molecular weight excluding hydrogens is 443 g/mol. The van der Waals surface area contributed by atoms with Crippen LogP contribution in [0, 0.1) is 5.92 Å². The van der Waals surface area contributed by atoms with Crippen LogP contribution in [0.4, 0.5) is 0 Å². The highest BCUT2D eigenvalue weighted by molar-refractivity contribution is 14.1. The molecule has 0 aliphatic rings. The molecular formula is C13H21IO10. The predicted octanol–water partition coefficient (Wildman–Crippen LogP) is -0.267. The van der Waals surface area contributed by atoms with E-state index in [-0.39, 0.29) is 18.3 Å². The van der Waals surface area contributed by atoms with Crippen LogP contribution in [0.1, 0.15) is 26.2 Å². The molecule has 24 heavy (non-hydrogen) atoms. The van der Waals surface area contributed by atoms with Gasteiger partial charge in [0.05, 0.1) is 6.61 Å². The van der Waals surface area contributed by atoms with Gasteiger partial charge in [-0.2, -0.15) is 0 Å². The molecule has 3 atom stereocenters. The first-order valence-electron chi connectivity index (χ1n) is 6.75. The predicted molar refractivity (Wildman–Crippen MR) is 87.8 cm³/mol. The molecule has 0 saturated heterocycles. The maximum absolute atomic E-state index is 10.6. The summed E-state index contributed by atoms with van der Waals surface area (Å²) in [5, 5.41) is 41.0. The first kappa shape index (κ1) is 24.8. The van der Waals surface area contributed by atoms with Crippen molar-refractivity contribution in [2.45, 2.75) is 38.4 Å². The number of carbonyl (C=O) groups is 4. The highest BCUT2D eigenvalue weighted by Crippen LogP contribution is 2.13. The largest absolute Gasteiger partial charge is 0.481 e. The molecule has 0 aromatic carbocycles.